The lowest BCUT2D eigenvalue weighted by molar-refractivity contribution is -0.139. The van der Waals surface area contributed by atoms with Crippen molar-refractivity contribution in [3.63, 3.8) is 0 Å². The Bertz CT molecular complexity index is 402. The van der Waals surface area contributed by atoms with E-state index in [1.807, 2.05) is 0 Å². The topological polar surface area (TPSA) is 146 Å². The average Bonchev–Trinajstić information content (AvgIpc) is 2.46. The number of hydrogen-bond acceptors (Lipinski definition) is 4. The lowest BCUT2D eigenvalue weighted by Gasteiger charge is -2.37. The van der Waals surface area contributed by atoms with Gasteiger partial charge in [-0.3, -0.25) is 15.0 Å². The normalized spacial score (nSPS) is 21.4. The van der Waals surface area contributed by atoms with Gasteiger partial charge in [-0.15, -0.1) is 0 Å². The first-order valence-electron chi connectivity index (χ1n) is 7.57. The highest BCUT2D eigenvalue weighted by atomic mass is 16.3. The Morgan fingerprint density at radius 1 is 1.41 bits per heavy atom. The van der Waals surface area contributed by atoms with Gasteiger partial charge in [0, 0.05) is 26.1 Å². The van der Waals surface area contributed by atoms with Crippen molar-refractivity contribution in [3.05, 3.63) is 6.42 Å². The van der Waals surface area contributed by atoms with Crippen LogP contribution in [0.3, 0.4) is 0 Å². The Labute approximate surface area is 130 Å². The van der Waals surface area contributed by atoms with Crippen LogP contribution in [0, 0.1) is 17.7 Å². The second-order valence-electron chi connectivity index (χ2n) is 5.54. The number of rotatable bonds is 8. The third-order valence-corrected chi connectivity index (χ3v) is 3.88. The minimum atomic E-state index is -0.593. The number of nitrogens with zero attached hydrogens (tertiary/aromatic N) is 1. The van der Waals surface area contributed by atoms with E-state index in [2.05, 4.69) is 5.32 Å². The number of likely N-dealkylation sites (tertiary alicyclic amines) is 1. The molecule has 0 aromatic heterocycles. The number of amides is 2. The molecule has 1 rings (SSSR count). The lowest BCUT2D eigenvalue weighted by Crippen LogP contribution is -2.52. The van der Waals surface area contributed by atoms with E-state index in [-0.39, 0.29) is 24.4 Å². The third kappa shape index (κ3) is 5.88. The quantitative estimate of drug-likeness (QED) is 0.220. The van der Waals surface area contributed by atoms with Gasteiger partial charge in [-0.25, -0.2) is 0 Å². The van der Waals surface area contributed by atoms with Crippen molar-refractivity contribution in [2.45, 2.75) is 38.1 Å². The van der Waals surface area contributed by atoms with Crippen LogP contribution in [-0.4, -0.2) is 53.5 Å². The molecule has 0 bridgehead atoms. The number of nitrogens with one attached hydrogen (secondary N) is 2. The molecule has 7 N–H and O–H groups in total. The van der Waals surface area contributed by atoms with Gasteiger partial charge in [-0.1, -0.05) is 0 Å². The summed E-state index contributed by atoms with van der Waals surface area (Å²) in [7, 11) is 0. The van der Waals surface area contributed by atoms with Crippen molar-refractivity contribution in [3.8, 4) is 0 Å². The van der Waals surface area contributed by atoms with Crippen molar-refractivity contribution >= 4 is 17.8 Å². The largest absolute Gasteiger partial charge is 0.396 e. The van der Waals surface area contributed by atoms with Crippen LogP contribution in [0.4, 0.5) is 0 Å². The molecule has 1 saturated heterocycles. The highest BCUT2D eigenvalue weighted by molar-refractivity contribution is 5.90. The number of aliphatic hydroxyl groups is 1. The van der Waals surface area contributed by atoms with Gasteiger partial charge in [0.05, 0.1) is 0 Å². The fourth-order valence-electron chi connectivity index (χ4n) is 2.68. The van der Waals surface area contributed by atoms with Crippen LogP contribution < -0.4 is 16.8 Å². The van der Waals surface area contributed by atoms with Crippen LogP contribution in [0.25, 0.3) is 0 Å². The van der Waals surface area contributed by atoms with E-state index >= 15 is 0 Å². The van der Waals surface area contributed by atoms with Gasteiger partial charge in [-0.2, -0.15) is 0 Å². The summed E-state index contributed by atoms with van der Waals surface area (Å²) < 4.78 is 0. The first-order valence-corrected chi connectivity index (χ1v) is 7.57. The van der Waals surface area contributed by atoms with Crippen LogP contribution in [0.2, 0.25) is 0 Å². The number of primary amides is 1. The SMILES string of the molecule is N=C(N)NCCC[CH]C(=O)N1CCC(CCO)CC1C(N)=O. The predicted molar refractivity (Wildman–Crippen MR) is 82.6 cm³/mol. The summed E-state index contributed by atoms with van der Waals surface area (Å²) >= 11 is 0. The summed E-state index contributed by atoms with van der Waals surface area (Å²) in [6.07, 6.45) is 4.68. The molecular weight excluding hydrogens is 286 g/mol. The first-order chi connectivity index (χ1) is 10.5. The third-order valence-electron chi connectivity index (χ3n) is 3.88. The predicted octanol–water partition coefficient (Wildman–Crippen LogP) is -1.07. The van der Waals surface area contributed by atoms with Crippen molar-refractivity contribution in [1.29, 1.82) is 5.41 Å². The van der Waals surface area contributed by atoms with Crippen molar-refractivity contribution < 1.29 is 14.7 Å². The zero-order chi connectivity index (χ0) is 16.5. The molecule has 1 heterocycles. The summed E-state index contributed by atoms with van der Waals surface area (Å²) in [5.41, 5.74) is 10.6. The molecule has 2 atom stereocenters. The zero-order valence-electron chi connectivity index (χ0n) is 12.8. The maximum atomic E-state index is 12.2. The van der Waals surface area contributed by atoms with Crippen molar-refractivity contribution in [2.75, 3.05) is 19.7 Å². The van der Waals surface area contributed by atoms with Gasteiger partial charge in [0.2, 0.25) is 11.8 Å². The summed E-state index contributed by atoms with van der Waals surface area (Å²) in [5.74, 6) is -0.547. The van der Waals surface area contributed by atoms with Crippen LogP contribution in [0.5, 0.6) is 0 Å². The minimum Gasteiger partial charge on any atom is -0.396 e. The molecule has 0 aromatic carbocycles. The number of carbonyl (C=O) groups is 2. The fraction of sp³-hybridized carbons (Fsp3) is 0.714. The zero-order valence-corrected chi connectivity index (χ0v) is 12.8. The molecule has 22 heavy (non-hydrogen) atoms. The molecule has 2 amide bonds. The van der Waals surface area contributed by atoms with E-state index in [1.165, 1.54) is 4.90 Å². The highest BCUT2D eigenvalue weighted by Crippen LogP contribution is 2.26. The number of nitrogens with two attached hydrogens (primary N) is 2. The minimum absolute atomic E-state index is 0.0827. The molecule has 8 heteroatoms. The average molecular weight is 312 g/mol. The number of carbonyl (C=O) groups excluding carboxylic acids is 2. The van der Waals surface area contributed by atoms with Crippen LogP contribution >= 0.6 is 0 Å². The van der Waals surface area contributed by atoms with Gasteiger partial charge in [-0.05, 0) is 38.0 Å². The van der Waals surface area contributed by atoms with Gasteiger partial charge >= 0.3 is 0 Å². The Balaban J connectivity index is 2.42. The number of hydrogen-bond donors (Lipinski definition) is 5. The Morgan fingerprint density at radius 2 is 2.14 bits per heavy atom. The number of guanidine groups is 1. The molecule has 0 aliphatic carbocycles. The van der Waals surface area contributed by atoms with Crippen LogP contribution in [0.15, 0.2) is 0 Å². The number of aliphatic hydroxyl groups excluding tert-OH is 1. The molecule has 1 fully saturated rings. The van der Waals surface area contributed by atoms with Crippen molar-refractivity contribution in [2.24, 2.45) is 17.4 Å². The van der Waals surface area contributed by atoms with Gasteiger partial charge in [0.1, 0.15) is 6.04 Å². The summed E-state index contributed by atoms with van der Waals surface area (Å²) in [5, 5.41) is 18.7. The first kappa shape index (κ1) is 18.2. The standard InChI is InChI=1S/C14H26N5O3/c15-13(22)11-9-10(5-8-20)4-7-19(11)12(21)3-1-2-6-18-14(16)17/h3,10-11,20H,1-2,4-9H2,(H2,15,22)(H4,16,17,18). The van der Waals surface area contributed by atoms with E-state index in [9.17, 15) is 9.59 Å². The van der Waals surface area contributed by atoms with E-state index in [4.69, 9.17) is 22.0 Å². The van der Waals surface area contributed by atoms with E-state index < -0.39 is 11.9 Å². The summed E-state index contributed by atoms with van der Waals surface area (Å²) in [6, 6.07) is -0.593. The molecule has 0 aromatic rings. The Morgan fingerprint density at radius 3 is 2.73 bits per heavy atom. The second kappa shape index (κ2) is 9.24. The van der Waals surface area contributed by atoms with Crippen molar-refractivity contribution in [1.82, 2.24) is 10.2 Å². The van der Waals surface area contributed by atoms with Crippen LogP contribution in [0.1, 0.15) is 32.1 Å². The summed E-state index contributed by atoms with van der Waals surface area (Å²) in [4.78, 5) is 25.3. The maximum absolute atomic E-state index is 12.2. The molecule has 2 unspecified atom stereocenters. The summed E-state index contributed by atoms with van der Waals surface area (Å²) in [6.45, 7) is 1.09. The maximum Gasteiger partial charge on any atom is 0.240 e. The smallest absolute Gasteiger partial charge is 0.240 e. The Hall–Kier alpha value is -1.83. The van der Waals surface area contributed by atoms with E-state index in [1.54, 1.807) is 6.42 Å². The molecule has 0 spiro atoms. The van der Waals surface area contributed by atoms with E-state index in [0.29, 0.717) is 38.8 Å². The monoisotopic (exact) mass is 312 g/mol. The van der Waals surface area contributed by atoms with Gasteiger partial charge in [0.25, 0.3) is 0 Å². The van der Waals surface area contributed by atoms with E-state index in [0.717, 1.165) is 6.42 Å². The number of piperidine rings is 1. The number of unbranched alkanes of at least 4 members (excludes halogenated alkanes) is 1. The van der Waals surface area contributed by atoms with Gasteiger partial charge < -0.3 is 26.8 Å². The Kier molecular flexibility index (Phi) is 7.65. The lowest BCUT2D eigenvalue weighted by atomic mass is 9.88. The van der Waals surface area contributed by atoms with Crippen LogP contribution in [-0.2, 0) is 9.59 Å². The molecule has 1 radical (unpaired) electrons. The molecular formula is C14H26N5O3. The molecule has 0 saturated carbocycles. The fourth-order valence-corrected chi connectivity index (χ4v) is 2.68. The molecule has 8 nitrogen and oxygen atoms in total. The highest BCUT2D eigenvalue weighted by Gasteiger charge is 2.34. The molecule has 1 aliphatic rings. The molecule has 125 valence electrons. The second-order valence-corrected chi connectivity index (χ2v) is 5.54. The van der Waals surface area contributed by atoms with Gasteiger partial charge in [0.15, 0.2) is 5.96 Å². The molecule has 1 aliphatic heterocycles.